The molecule has 2 N–H and O–H groups in total. The molecule has 1 atom stereocenters. The number of fused-ring (bicyclic) bond motifs is 1. The summed E-state index contributed by atoms with van der Waals surface area (Å²) >= 11 is 5.78. The Morgan fingerprint density at radius 1 is 1.12 bits per heavy atom. The molecule has 0 saturated heterocycles. The van der Waals surface area contributed by atoms with Crippen molar-refractivity contribution in [1.82, 2.24) is 0 Å². The first-order valence-corrected chi connectivity index (χ1v) is 7.84. The minimum atomic E-state index is -3.25. The lowest BCUT2D eigenvalue weighted by molar-refractivity contribution is -0.138. The number of hydrogen-bond acceptors (Lipinski definition) is 4. The summed E-state index contributed by atoms with van der Waals surface area (Å²) < 4.78 is 31.2. The first-order valence-electron chi connectivity index (χ1n) is 7.46. The zero-order valence-electron chi connectivity index (χ0n) is 13.1. The van der Waals surface area contributed by atoms with Gasteiger partial charge in [-0.05, 0) is 30.3 Å². The van der Waals surface area contributed by atoms with Gasteiger partial charge in [0.25, 0.3) is 0 Å². The topological polar surface area (TPSA) is 79.5 Å². The van der Waals surface area contributed by atoms with E-state index in [1.165, 1.54) is 18.2 Å². The number of carbonyl (C=O) groups excluding carboxylic acids is 1. The molecule has 5 nitrogen and oxygen atoms in total. The van der Waals surface area contributed by atoms with Crippen LogP contribution in [-0.4, -0.2) is 23.3 Å². The zero-order valence-corrected chi connectivity index (χ0v) is 13.8. The predicted molar refractivity (Wildman–Crippen MR) is 92.0 cm³/mol. The van der Waals surface area contributed by atoms with Crippen LogP contribution in [0.25, 0.3) is 11.0 Å². The Labute approximate surface area is 151 Å². The largest absolute Gasteiger partial charge is 0.479 e. The second-order valence-corrected chi connectivity index (χ2v) is 5.89. The first kappa shape index (κ1) is 17.9. The van der Waals surface area contributed by atoms with Crippen LogP contribution in [0.1, 0.15) is 22.2 Å². The van der Waals surface area contributed by atoms with Gasteiger partial charge in [0.15, 0.2) is 6.04 Å². The highest BCUT2D eigenvalue weighted by atomic mass is 35.5. The fraction of sp³-hybridized carbons (Fsp3) is 0.111. The second-order valence-electron chi connectivity index (χ2n) is 5.46. The van der Waals surface area contributed by atoms with Crippen molar-refractivity contribution in [2.45, 2.75) is 12.5 Å². The summed E-state index contributed by atoms with van der Waals surface area (Å²) in [5.74, 6) is -2.68. The van der Waals surface area contributed by atoms with E-state index in [2.05, 4.69) is 5.32 Å². The van der Waals surface area contributed by atoms with Crippen LogP contribution < -0.4 is 5.32 Å². The molecule has 3 rings (SSSR count). The molecule has 3 aromatic rings. The van der Waals surface area contributed by atoms with Gasteiger partial charge in [-0.2, -0.15) is 0 Å². The molecule has 0 fully saturated rings. The summed E-state index contributed by atoms with van der Waals surface area (Å²) in [7, 11) is 0. The van der Waals surface area contributed by atoms with Crippen molar-refractivity contribution in [1.29, 1.82) is 0 Å². The molecule has 2 aromatic carbocycles. The number of Topliss-reactive ketones (excluding diaryl/α,β-unsaturated/α-hetero) is 1. The number of nitrogens with one attached hydrogen (secondary N) is 1. The Morgan fingerprint density at radius 2 is 1.85 bits per heavy atom. The molecular weight excluding hydrogens is 368 g/mol. The summed E-state index contributed by atoms with van der Waals surface area (Å²) in [6.45, 7) is 0. The van der Waals surface area contributed by atoms with Crippen LogP contribution >= 0.6 is 11.6 Å². The number of carboxylic acids is 1. The average molecular weight is 380 g/mol. The Bertz CT molecular complexity index is 953. The zero-order chi connectivity index (χ0) is 18.8. The molecule has 0 radical (unpaired) electrons. The van der Waals surface area contributed by atoms with E-state index in [1.54, 1.807) is 24.3 Å². The Hall–Kier alpha value is -2.93. The maximum Gasteiger partial charge on any atom is 0.334 e. The number of carbonyl (C=O) groups is 2. The predicted octanol–water partition coefficient (Wildman–Crippen LogP) is 4.77. The lowest BCUT2D eigenvalue weighted by Gasteiger charge is -2.16. The summed E-state index contributed by atoms with van der Waals surface area (Å²) in [5, 5.41) is 12.9. The number of benzene rings is 2. The molecular formula is C18H12ClF2NO4. The average Bonchev–Trinajstić information content (AvgIpc) is 3.03. The van der Waals surface area contributed by atoms with Crippen LogP contribution in [0, 0.1) is 0 Å². The number of carboxylic acid groups (broad SMARTS) is 1. The van der Waals surface area contributed by atoms with Gasteiger partial charge in [0.1, 0.15) is 11.3 Å². The third-order valence-electron chi connectivity index (χ3n) is 3.72. The third kappa shape index (κ3) is 3.52. The maximum atomic E-state index is 12.8. The van der Waals surface area contributed by atoms with Crippen LogP contribution in [0.2, 0.25) is 5.02 Å². The van der Waals surface area contributed by atoms with Crippen molar-refractivity contribution in [3.05, 3.63) is 64.9 Å². The molecule has 1 aromatic heterocycles. The highest BCUT2D eigenvalue weighted by Gasteiger charge is 2.27. The van der Waals surface area contributed by atoms with E-state index in [0.717, 1.165) is 6.07 Å². The third-order valence-corrected chi connectivity index (χ3v) is 3.96. The highest BCUT2D eigenvalue weighted by Crippen LogP contribution is 2.30. The van der Waals surface area contributed by atoms with Gasteiger partial charge in [0.05, 0.1) is 0 Å². The number of hydrogen-bond donors (Lipinski definition) is 2. The molecule has 1 heterocycles. The number of aliphatic carboxylic acids is 1. The van der Waals surface area contributed by atoms with Gasteiger partial charge in [-0.1, -0.05) is 29.8 Å². The molecule has 8 heteroatoms. The number of anilines is 1. The maximum absolute atomic E-state index is 12.8. The number of ketones is 1. The van der Waals surface area contributed by atoms with E-state index in [0.29, 0.717) is 11.0 Å². The van der Waals surface area contributed by atoms with Gasteiger partial charge in [-0.15, -0.1) is 0 Å². The molecule has 1 unspecified atom stereocenters. The van der Waals surface area contributed by atoms with Gasteiger partial charge in [0, 0.05) is 21.7 Å². The van der Waals surface area contributed by atoms with Crippen LogP contribution in [0.3, 0.4) is 0 Å². The molecule has 0 saturated carbocycles. The standard InChI is InChI=1S/C18H12ClF2NO4/c19-10-5-6-12(11(8-10)16(23)17(20)21)22-15(18(24)25)14-7-9-3-1-2-4-13(9)26-14/h1-8,15,17,22H,(H,24,25). The minimum absolute atomic E-state index is 0.0732. The van der Waals surface area contributed by atoms with E-state index in [-0.39, 0.29) is 16.5 Å². The number of rotatable bonds is 6. The van der Waals surface area contributed by atoms with Crippen molar-refractivity contribution in [2.75, 3.05) is 5.32 Å². The monoisotopic (exact) mass is 379 g/mol. The number of alkyl halides is 2. The van der Waals surface area contributed by atoms with Crippen molar-refractivity contribution >= 4 is 40.0 Å². The van der Waals surface area contributed by atoms with Gasteiger partial charge >= 0.3 is 12.4 Å². The minimum Gasteiger partial charge on any atom is -0.479 e. The quantitative estimate of drug-likeness (QED) is 0.603. The Morgan fingerprint density at radius 3 is 2.50 bits per heavy atom. The van der Waals surface area contributed by atoms with Crippen molar-refractivity contribution in [3.8, 4) is 0 Å². The van der Waals surface area contributed by atoms with Crippen LogP contribution in [0.4, 0.5) is 14.5 Å². The summed E-state index contributed by atoms with van der Waals surface area (Å²) in [4.78, 5) is 23.4. The van der Waals surface area contributed by atoms with Gasteiger partial charge in [-0.25, -0.2) is 13.6 Å². The smallest absolute Gasteiger partial charge is 0.334 e. The van der Waals surface area contributed by atoms with Crippen molar-refractivity contribution in [2.24, 2.45) is 0 Å². The fourth-order valence-corrected chi connectivity index (χ4v) is 2.69. The molecule has 0 aliphatic rings. The van der Waals surface area contributed by atoms with Crippen molar-refractivity contribution < 1.29 is 27.9 Å². The SMILES string of the molecule is O=C(c1cc(Cl)ccc1NC(C(=O)O)c1cc2ccccc2o1)C(F)F. The van der Waals surface area contributed by atoms with Gasteiger partial charge in [-0.3, -0.25) is 4.79 Å². The molecule has 0 spiro atoms. The van der Waals surface area contributed by atoms with E-state index in [1.807, 2.05) is 0 Å². The summed E-state index contributed by atoms with van der Waals surface area (Å²) in [6.07, 6.45) is -3.25. The Balaban J connectivity index is 2.01. The first-order chi connectivity index (χ1) is 12.4. The van der Waals surface area contributed by atoms with Gasteiger partial charge < -0.3 is 14.8 Å². The van der Waals surface area contributed by atoms with E-state index < -0.39 is 29.8 Å². The number of halogens is 3. The lowest BCUT2D eigenvalue weighted by atomic mass is 10.1. The lowest BCUT2D eigenvalue weighted by Crippen LogP contribution is -2.22. The molecule has 134 valence electrons. The van der Waals surface area contributed by atoms with Crippen LogP contribution in [0.5, 0.6) is 0 Å². The van der Waals surface area contributed by atoms with Crippen molar-refractivity contribution in [3.63, 3.8) is 0 Å². The molecule has 0 amide bonds. The fourth-order valence-electron chi connectivity index (χ4n) is 2.52. The number of para-hydroxylation sites is 1. The summed E-state index contributed by atoms with van der Waals surface area (Å²) in [6, 6.07) is 10.8. The molecule has 0 aliphatic heterocycles. The highest BCUT2D eigenvalue weighted by molar-refractivity contribution is 6.31. The summed E-state index contributed by atoms with van der Waals surface area (Å²) in [5.41, 5.74) is 0.0120. The van der Waals surface area contributed by atoms with E-state index in [4.69, 9.17) is 16.0 Å². The van der Waals surface area contributed by atoms with Crippen LogP contribution in [0.15, 0.2) is 52.9 Å². The van der Waals surface area contributed by atoms with E-state index >= 15 is 0 Å². The van der Waals surface area contributed by atoms with Gasteiger partial charge in [0.2, 0.25) is 5.78 Å². The normalized spacial score (nSPS) is 12.3. The van der Waals surface area contributed by atoms with E-state index in [9.17, 15) is 23.5 Å². The Kier molecular flexibility index (Phi) is 4.90. The molecule has 0 bridgehead atoms. The molecule has 0 aliphatic carbocycles. The van der Waals surface area contributed by atoms with Crippen LogP contribution in [-0.2, 0) is 4.79 Å². The number of furan rings is 1. The molecule has 26 heavy (non-hydrogen) atoms. The second kappa shape index (κ2) is 7.13.